The second kappa shape index (κ2) is 4.05. The number of hydrogen-bond donors (Lipinski definition) is 1. The molecule has 2 aliphatic carbocycles. The van der Waals surface area contributed by atoms with Gasteiger partial charge >= 0.3 is 0 Å². The molecule has 0 saturated heterocycles. The van der Waals surface area contributed by atoms with E-state index in [4.69, 9.17) is 0 Å². The normalized spacial score (nSPS) is 26.7. The number of hydrogen-bond acceptors (Lipinski definition) is 3. The number of nitrogens with zero attached hydrogens (tertiary/aromatic N) is 2. The maximum atomic E-state index is 4.29. The molecule has 3 atom stereocenters. The van der Waals surface area contributed by atoms with Gasteiger partial charge in [-0.15, -0.1) is 0 Å². The van der Waals surface area contributed by atoms with Crippen molar-refractivity contribution in [2.45, 2.75) is 19.3 Å². The molecular weight excluding hydrogens is 234 g/mol. The van der Waals surface area contributed by atoms with Gasteiger partial charge in [0.15, 0.2) is 0 Å². The van der Waals surface area contributed by atoms with E-state index < -0.39 is 0 Å². The number of rotatable bonds is 3. The molecule has 3 unspecified atom stereocenters. The van der Waals surface area contributed by atoms with Gasteiger partial charge in [0.2, 0.25) is 5.95 Å². The summed E-state index contributed by atoms with van der Waals surface area (Å²) in [5.74, 6) is 3.13. The van der Waals surface area contributed by atoms with Crippen LogP contribution in [0.3, 0.4) is 0 Å². The second-order valence-electron chi connectivity index (χ2n) is 5.72. The number of fused-ring (bicyclic) bond motifs is 3. The van der Waals surface area contributed by atoms with Crippen molar-refractivity contribution in [3.63, 3.8) is 0 Å². The standard InChI is InChI=1S/C16H17N3/c1-10-7-17-16(18-8-10)19-9-14-13-6-11-4-2-3-5-12(11)15(13)14/h2-5,7-8,13-15H,6,9H2,1H3,(H,17,18,19). The summed E-state index contributed by atoms with van der Waals surface area (Å²) in [5.41, 5.74) is 4.23. The Morgan fingerprint density at radius 1 is 1.21 bits per heavy atom. The van der Waals surface area contributed by atoms with E-state index in [1.165, 1.54) is 6.42 Å². The Labute approximate surface area is 113 Å². The summed E-state index contributed by atoms with van der Waals surface area (Å²) in [6.45, 7) is 3.00. The monoisotopic (exact) mass is 251 g/mol. The highest BCUT2D eigenvalue weighted by atomic mass is 15.1. The lowest BCUT2D eigenvalue weighted by Crippen LogP contribution is -2.10. The third kappa shape index (κ3) is 1.81. The molecule has 1 fully saturated rings. The predicted octanol–water partition coefficient (Wildman–Crippen LogP) is 2.78. The van der Waals surface area contributed by atoms with Gasteiger partial charge in [-0.1, -0.05) is 24.3 Å². The van der Waals surface area contributed by atoms with E-state index in [2.05, 4.69) is 39.6 Å². The highest BCUT2D eigenvalue weighted by Crippen LogP contribution is 2.61. The predicted molar refractivity (Wildman–Crippen MR) is 75.1 cm³/mol. The van der Waals surface area contributed by atoms with Crippen LogP contribution in [0, 0.1) is 18.8 Å². The lowest BCUT2D eigenvalue weighted by atomic mass is 10.0. The highest BCUT2D eigenvalue weighted by molar-refractivity contribution is 5.44. The molecule has 0 spiro atoms. The molecule has 4 rings (SSSR count). The first-order valence-corrected chi connectivity index (χ1v) is 6.93. The molecule has 1 heterocycles. The topological polar surface area (TPSA) is 37.8 Å². The van der Waals surface area contributed by atoms with Crippen LogP contribution in [0.5, 0.6) is 0 Å². The van der Waals surface area contributed by atoms with Crippen molar-refractivity contribution in [2.75, 3.05) is 11.9 Å². The van der Waals surface area contributed by atoms with Crippen molar-refractivity contribution in [3.05, 3.63) is 53.3 Å². The highest BCUT2D eigenvalue weighted by Gasteiger charge is 2.54. The Morgan fingerprint density at radius 3 is 2.84 bits per heavy atom. The van der Waals surface area contributed by atoms with Crippen LogP contribution in [0.25, 0.3) is 0 Å². The van der Waals surface area contributed by atoms with E-state index in [-0.39, 0.29) is 0 Å². The fourth-order valence-electron chi connectivity index (χ4n) is 3.46. The summed E-state index contributed by atoms with van der Waals surface area (Å²) >= 11 is 0. The molecule has 1 N–H and O–H groups in total. The molecule has 96 valence electrons. The van der Waals surface area contributed by atoms with Crippen LogP contribution in [-0.4, -0.2) is 16.5 Å². The summed E-state index contributed by atoms with van der Waals surface area (Å²) in [6.07, 6.45) is 4.97. The lowest BCUT2D eigenvalue weighted by molar-refractivity contribution is 0.716. The number of nitrogens with one attached hydrogen (secondary N) is 1. The van der Waals surface area contributed by atoms with Crippen molar-refractivity contribution >= 4 is 5.95 Å². The quantitative estimate of drug-likeness (QED) is 0.911. The number of aromatic nitrogens is 2. The van der Waals surface area contributed by atoms with Crippen LogP contribution in [0.4, 0.5) is 5.95 Å². The average molecular weight is 251 g/mol. The Hall–Kier alpha value is -1.90. The molecule has 2 aliphatic rings. The molecule has 1 aromatic heterocycles. The fourth-order valence-corrected chi connectivity index (χ4v) is 3.46. The first kappa shape index (κ1) is 11.0. The third-order valence-corrected chi connectivity index (χ3v) is 4.48. The molecule has 1 aromatic carbocycles. The molecule has 0 aliphatic heterocycles. The van der Waals surface area contributed by atoms with Gasteiger partial charge in [-0.3, -0.25) is 0 Å². The number of aryl methyl sites for hydroxylation is 1. The molecule has 3 nitrogen and oxygen atoms in total. The van der Waals surface area contributed by atoms with E-state index in [1.807, 2.05) is 19.3 Å². The molecule has 2 aromatic rings. The van der Waals surface area contributed by atoms with E-state index in [0.29, 0.717) is 0 Å². The maximum absolute atomic E-state index is 4.29. The molecular formula is C16H17N3. The van der Waals surface area contributed by atoms with Crippen LogP contribution in [0.15, 0.2) is 36.7 Å². The number of benzene rings is 1. The van der Waals surface area contributed by atoms with Gasteiger partial charge in [-0.25, -0.2) is 9.97 Å². The van der Waals surface area contributed by atoms with Crippen LogP contribution in [-0.2, 0) is 6.42 Å². The minimum Gasteiger partial charge on any atom is -0.354 e. The van der Waals surface area contributed by atoms with Crippen molar-refractivity contribution in [1.29, 1.82) is 0 Å². The van der Waals surface area contributed by atoms with Crippen molar-refractivity contribution in [3.8, 4) is 0 Å². The van der Waals surface area contributed by atoms with E-state index in [1.54, 1.807) is 11.1 Å². The van der Waals surface area contributed by atoms with Gasteiger partial charge in [-0.05, 0) is 47.8 Å². The summed E-state index contributed by atoms with van der Waals surface area (Å²) in [5, 5.41) is 3.37. The Bertz CT molecular complexity index is 606. The Balaban J connectivity index is 1.41. The van der Waals surface area contributed by atoms with Crippen LogP contribution < -0.4 is 5.32 Å². The molecule has 0 amide bonds. The van der Waals surface area contributed by atoms with E-state index >= 15 is 0 Å². The van der Waals surface area contributed by atoms with Gasteiger partial charge in [0.25, 0.3) is 0 Å². The van der Waals surface area contributed by atoms with Crippen LogP contribution in [0.1, 0.15) is 22.6 Å². The minimum absolute atomic E-state index is 0.754. The van der Waals surface area contributed by atoms with Crippen molar-refractivity contribution in [1.82, 2.24) is 9.97 Å². The molecule has 3 heteroatoms. The Morgan fingerprint density at radius 2 is 2.00 bits per heavy atom. The zero-order valence-electron chi connectivity index (χ0n) is 11.0. The van der Waals surface area contributed by atoms with Gasteiger partial charge in [-0.2, -0.15) is 0 Å². The lowest BCUT2D eigenvalue weighted by Gasteiger charge is -2.08. The number of anilines is 1. The van der Waals surface area contributed by atoms with Crippen LogP contribution >= 0.6 is 0 Å². The fraction of sp³-hybridized carbons (Fsp3) is 0.375. The molecule has 0 radical (unpaired) electrons. The van der Waals surface area contributed by atoms with Gasteiger partial charge in [0.1, 0.15) is 0 Å². The second-order valence-corrected chi connectivity index (χ2v) is 5.72. The third-order valence-electron chi connectivity index (χ3n) is 4.48. The van der Waals surface area contributed by atoms with Crippen LogP contribution in [0.2, 0.25) is 0 Å². The Kier molecular flexibility index (Phi) is 2.34. The maximum Gasteiger partial charge on any atom is 0.222 e. The molecule has 0 bridgehead atoms. The van der Waals surface area contributed by atoms with E-state index in [9.17, 15) is 0 Å². The zero-order chi connectivity index (χ0) is 12.8. The zero-order valence-corrected chi connectivity index (χ0v) is 11.0. The minimum atomic E-state index is 0.754. The summed E-state index contributed by atoms with van der Waals surface area (Å²) in [4.78, 5) is 8.59. The van der Waals surface area contributed by atoms with Gasteiger partial charge < -0.3 is 5.32 Å². The summed E-state index contributed by atoms with van der Waals surface area (Å²) < 4.78 is 0. The molecule has 19 heavy (non-hydrogen) atoms. The van der Waals surface area contributed by atoms with Gasteiger partial charge in [0.05, 0.1) is 0 Å². The smallest absolute Gasteiger partial charge is 0.222 e. The van der Waals surface area contributed by atoms with E-state index in [0.717, 1.165) is 35.8 Å². The summed E-state index contributed by atoms with van der Waals surface area (Å²) in [6, 6.07) is 8.88. The average Bonchev–Trinajstić information content (AvgIpc) is 2.97. The largest absolute Gasteiger partial charge is 0.354 e. The van der Waals surface area contributed by atoms with Crippen molar-refractivity contribution < 1.29 is 0 Å². The SMILES string of the molecule is Cc1cnc(NCC2C3Cc4ccccc4C23)nc1. The first-order valence-electron chi connectivity index (χ1n) is 6.93. The van der Waals surface area contributed by atoms with Gasteiger partial charge in [0, 0.05) is 18.9 Å². The summed E-state index contributed by atoms with van der Waals surface area (Å²) in [7, 11) is 0. The van der Waals surface area contributed by atoms with Crippen molar-refractivity contribution in [2.24, 2.45) is 11.8 Å². The molecule has 1 saturated carbocycles. The first-order chi connectivity index (χ1) is 9.33.